The highest BCUT2D eigenvalue weighted by Gasteiger charge is 2.06. The van der Waals surface area contributed by atoms with E-state index in [4.69, 9.17) is 4.55 Å². The van der Waals surface area contributed by atoms with Crippen molar-refractivity contribution in [3.63, 3.8) is 0 Å². The van der Waals surface area contributed by atoms with E-state index in [0.29, 0.717) is 0 Å². The number of hydrogen-bond acceptors (Lipinski definition) is 3. The minimum absolute atomic E-state index is 0.0666. The van der Waals surface area contributed by atoms with Crippen molar-refractivity contribution >= 4 is 22.3 Å². The average molecular weight is 353 g/mol. The number of benzene rings is 2. The lowest BCUT2D eigenvalue weighted by molar-refractivity contribution is 0.483. The smallest absolute Gasteiger partial charge is 0.282 e. The maximum Gasteiger partial charge on any atom is 0.294 e. The molecule has 128 valence electrons. The molecule has 1 heterocycles. The molecule has 0 aliphatic carbocycles. The molecule has 3 aromatic rings. The van der Waals surface area contributed by atoms with E-state index in [2.05, 4.69) is 23.2 Å². The zero-order valence-electron chi connectivity index (χ0n) is 13.8. The molecule has 0 unspecified atom stereocenters. The molecule has 0 radical (unpaired) electrons. The Morgan fingerprint density at radius 2 is 1.48 bits per heavy atom. The number of hydrogen-bond donors (Lipinski definition) is 1. The maximum atomic E-state index is 10.5. The van der Waals surface area contributed by atoms with Crippen LogP contribution in [0.5, 0.6) is 0 Å². The van der Waals surface area contributed by atoms with Crippen molar-refractivity contribution in [3.8, 4) is 0 Å². The third-order valence-corrected chi connectivity index (χ3v) is 4.12. The SMILES string of the molecule is C(=Cc1ccccn1)c1ccccc1.Cc1ccc(S(=O)(=O)O)cc1. The summed E-state index contributed by atoms with van der Waals surface area (Å²) in [5.74, 6) is 0. The number of aryl methyl sites for hydroxylation is 1. The molecule has 0 saturated heterocycles. The Bertz CT molecular complexity index is 863. The van der Waals surface area contributed by atoms with E-state index in [1.54, 1.807) is 18.3 Å². The first-order valence-corrected chi connectivity index (χ1v) is 9.07. The predicted octanol–water partition coefficient (Wildman–Crippen LogP) is 4.49. The van der Waals surface area contributed by atoms with Crippen molar-refractivity contribution in [1.29, 1.82) is 0 Å². The Morgan fingerprint density at radius 1 is 0.840 bits per heavy atom. The maximum absolute atomic E-state index is 10.5. The van der Waals surface area contributed by atoms with Gasteiger partial charge in [0.15, 0.2) is 0 Å². The molecule has 3 rings (SSSR count). The predicted molar refractivity (Wildman–Crippen MR) is 101 cm³/mol. The largest absolute Gasteiger partial charge is 0.294 e. The van der Waals surface area contributed by atoms with E-state index in [-0.39, 0.29) is 4.90 Å². The fraction of sp³-hybridized carbons (Fsp3) is 0.0500. The molecular formula is C20H19NO3S. The van der Waals surface area contributed by atoms with E-state index in [1.807, 2.05) is 49.4 Å². The number of pyridine rings is 1. The lowest BCUT2D eigenvalue weighted by Gasteiger charge is -1.95. The molecule has 1 aromatic heterocycles. The summed E-state index contributed by atoms with van der Waals surface area (Å²) < 4.78 is 29.6. The average Bonchev–Trinajstić information content (AvgIpc) is 2.62. The fourth-order valence-electron chi connectivity index (χ4n) is 1.93. The van der Waals surface area contributed by atoms with Crippen molar-refractivity contribution in [3.05, 3.63) is 95.8 Å². The summed E-state index contributed by atoms with van der Waals surface area (Å²) in [6, 6.07) is 22.1. The molecule has 0 aliphatic heterocycles. The van der Waals surface area contributed by atoms with Gasteiger partial charge in [-0.25, -0.2) is 0 Å². The minimum atomic E-state index is -4.02. The molecule has 0 fully saturated rings. The summed E-state index contributed by atoms with van der Waals surface area (Å²) in [4.78, 5) is 4.14. The lowest BCUT2D eigenvalue weighted by atomic mass is 10.2. The zero-order chi connectivity index (χ0) is 18.1. The highest BCUT2D eigenvalue weighted by molar-refractivity contribution is 7.85. The minimum Gasteiger partial charge on any atom is -0.282 e. The van der Waals surface area contributed by atoms with Gasteiger partial charge in [-0.15, -0.1) is 0 Å². The summed E-state index contributed by atoms with van der Waals surface area (Å²) in [5, 5.41) is 0. The van der Waals surface area contributed by atoms with Crippen LogP contribution in [0.15, 0.2) is 83.9 Å². The van der Waals surface area contributed by atoms with E-state index < -0.39 is 10.1 Å². The normalized spacial score (nSPS) is 11.0. The quantitative estimate of drug-likeness (QED) is 0.704. The molecule has 0 atom stereocenters. The zero-order valence-corrected chi connectivity index (χ0v) is 14.6. The van der Waals surface area contributed by atoms with Gasteiger partial charge in [-0.05, 0) is 42.8 Å². The first-order valence-electron chi connectivity index (χ1n) is 7.63. The van der Waals surface area contributed by atoms with E-state index >= 15 is 0 Å². The highest BCUT2D eigenvalue weighted by Crippen LogP contribution is 2.08. The monoisotopic (exact) mass is 353 g/mol. The highest BCUT2D eigenvalue weighted by atomic mass is 32.2. The van der Waals surface area contributed by atoms with Gasteiger partial charge in [0.2, 0.25) is 0 Å². The van der Waals surface area contributed by atoms with E-state index in [0.717, 1.165) is 11.3 Å². The Balaban J connectivity index is 0.000000186. The van der Waals surface area contributed by atoms with Crippen LogP contribution in [0.1, 0.15) is 16.8 Å². The summed E-state index contributed by atoms with van der Waals surface area (Å²) in [6.45, 7) is 1.84. The van der Waals surface area contributed by atoms with Crippen LogP contribution in [0.25, 0.3) is 12.2 Å². The second-order valence-corrected chi connectivity index (χ2v) is 6.71. The molecule has 25 heavy (non-hydrogen) atoms. The fourth-order valence-corrected chi connectivity index (χ4v) is 2.41. The number of nitrogens with zero attached hydrogens (tertiary/aromatic N) is 1. The standard InChI is InChI=1S/C13H11N.C7H8O3S/c1-2-6-12(7-3-1)9-10-13-8-4-5-11-14-13;1-6-2-4-7(5-3-6)11(8,9)10/h1-11H;2-5H,1H3,(H,8,9,10). The summed E-state index contributed by atoms with van der Waals surface area (Å²) in [6.07, 6.45) is 5.86. The van der Waals surface area contributed by atoms with Gasteiger partial charge in [0.05, 0.1) is 10.6 Å². The summed E-state index contributed by atoms with van der Waals surface area (Å²) in [5.41, 5.74) is 3.13. The lowest BCUT2D eigenvalue weighted by Crippen LogP contribution is -1.96. The van der Waals surface area contributed by atoms with Crippen LogP contribution >= 0.6 is 0 Å². The first kappa shape index (κ1) is 18.6. The molecule has 0 saturated carbocycles. The van der Waals surface area contributed by atoms with Gasteiger partial charge >= 0.3 is 0 Å². The van der Waals surface area contributed by atoms with Gasteiger partial charge < -0.3 is 0 Å². The molecule has 0 bridgehead atoms. The van der Waals surface area contributed by atoms with Gasteiger partial charge in [-0.3, -0.25) is 9.54 Å². The van der Waals surface area contributed by atoms with Crippen molar-refractivity contribution < 1.29 is 13.0 Å². The van der Waals surface area contributed by atoms with Gasteiger partial charge in [0.25, 0.3) is 10.1 Å². The molecule has 2 aromatic carbocycles. The summed E-state index contributed by atoms with van der Waals surface area (Å²) >= 11 is 0. The van der Waals surface area contributed by atoms with Crippen LogP contribution in [-0.4, -0.2) is 18.0 Å². The third kappa shape index (κ3) is 6.71. The molecule has 1 N–H and O–H groups in total. The number of rotatable bonds is 3. The van der Waals surface area contributed by atoms with Crippen molar-refractivity contribution in [2.75, 3.05) is 0 Å². The Hall–Kier alpha value is -2.76. The molecule has 5 heteroatoms. The first-order chi connectivity index (χ1) is 11.9. The molecule has 4 nitrogen and oxygen atoms in total. The Kier molecular flexibility index (Phi) is 6.62. The van der Waals surface area contributed by atoms with Crippen molar-refractivity contribution in [2.45, 2.75) is 11.8 Å². The second kappa shape index (κ2) is 8.92. The molecule has 0 amide bonds. The third-order valence-electron chi connectivity index (χ3n) is 3.25. The second-order valence-electron chi connectivity index (χ2n) is 5.29. The van der Waals surface area contributed by atoms with Gasteiger partial charge in [0, 0.05) is 6.20 Å². The van der Waals surface area contributed by atoms with Crippen LogP contribution in [0.2, 0.25) is 0 Å². The van der Waals surface area contributed by atoms with Crippen LogP contribution in [0, 0.1) is 6.92 Å². The van der Waals surface area contributed by atoms with Crippen LogP contribution in [0.3, 0.4) is 0 Å². The Labute approximate surface area is 148 Å². The molecule has 0 spiro atoms. The summed E-state index contributed by atoms with van der Waals surface area (Å²) in [7, 11) is -4.02. The van der Waals surface area contributed by atoms with Crippen LogP contribution in [-0.2, 0) is 10.1 Å². The van der Waals surface area contributed by atoms with Crippen LogP contribution < -0.4 is 0 Å². The van der Waals surface area contributed by atoms with E-state index in [9.17, 15) is 8.42 Å². The molecular weight excluding hydrogens is 334 g/mol. The molecule has 0 aliphatic rings. The van der Waals surface area contributed by atoms with Crippen molar-refractivity contribution in [2.24, 2.45) is 0 Å². The van der Waals surface area contributed by atoms with Gasteiger partial charge in [-0.2, -0.15) is 8.42 Å². The topological polar surface area (TPSA) is 67.3 Å². The van der Waals surface area contributed by atoms with Crippen molar-refractivity contribution in [1.82, 2.24) is 4.98 Å². The van der Waals surface area contributed by atoms with E-state index in [1.165, 1.54) is 17.7 Å². The van der Waals surface area contributed by atoms with Gasteiger partial charge in [0.1, 0.15) is 0 Å². The van der Waals surface area contributed by atoms with Gasteiger partial charge in [-0.1, -0.05) is 60.2 Å². The number of aromatic nitrogens is 1. The Morgan fingerprint density at radius 3 is 2.04 bits per heavy atom. The van der Waals surface area contributed by atoms with Crippen LogP contribution in [0.4, 0.5) is 0 Å².